The Labute approximate surface area is 177 Å². The molecule has 10 nitrogen and oxygen atoms in total. The van der Waals surface area contributed by atoms with Crippen molar-refractivity contribution in [2.45, 2.75) is 19.3 Å². The molecule has 4 heterocycles. The van der Waals surface area contributed by atoms with Crippen LogP contribution in [0.1, 0.15) is 24.8 Å². The number of aromatic amines is 1. The van der Waals surface area contributed by atoms with E-state index < -0.39 is 11.0 Å². The molecule has 4 rings (SSSR count). The number of H-pyrrole nitrogens is 1. The second-order valence-electron chi connectivity index (χ2n) is 7.04. The predicted octanol–water partition coefficient (Wildman–Crippen LogP) is 1.70. The Balaban J connectivity index is 0.000000239. The van der Waals surface area contributed by atoms with Gasteiger partial charge >= 0.3 is 0 Å². The van der Waals surface area contributed by atoms with Crippen molar-refractivity contribution in [2.24, 2.45) is 0 Å². The zero-order valence-corrected chi connectivity index (χ0v) is 18.1. The standard InChI is InChI=1S/C13H12N8.C6H13NOS/c1-21(2)13-18-5-8(11(15)20-13)9-6-17-12-10(19-9)7(3-14)4-16-12;1-9(8)7-5-3-2-4-6-7/h4-6H,1-2H3,(H,16,17)(H2,15,18,20);2-6H2,1H3. The van der Waals surface area contributed by atoms with Gasteiger partial charge in [0.2, 0.25) is 5.95 Å². The molecule has 3 aromatic rings. The van der Waals surface area contributed by atoms with E-state index in [0.29, 0.717) is 39.8 Å². The number of nitrogens with zero attached hydrogens (tertiary/aromatic N) is 7. The SMILES string of the molecule is CN(C)c1ncc(-c2cnc3[nH]cc(C#N)c3n2)c(N)n1.CS(=O)N1CCCCC1. The van der Waals surface area contributed by atoms with Gasteiger partial charge in [0.15, 0.2) is 5.65 Å². The van der Waals surface area contributed by atoms with Gasteiger partial charge in [-0.1, -0.05) is 6.42 Å². The maximum Gasteiger partial charge on any atom is 0.226 e. The van der Waals surface area contributed by atoms with E-state index in [0.717, 1.165) is 13.1 Å². The number of anilines is 2. The van der Waals surface area contributed by atoms with Gasteiger partial charge in [0.25, 0.3) is 0 Å². The fraction of sp³-hybridized carbons (Fsp3) is 0.421. The molecule has 0 bridgehead atoms. The summed E-state index contributed by atoms with van der Waals surface area (Å²) in [5.41, 5.74) is 8.57. The molecule has 158 valence electrons. The lowest BCUT2D eigenvalue weighted by Gasteiger charge is -2.22. The topological polar surface area (TPSA) is 141 Å². The van der Waals surface area contributed by atoms with E-state index in [-0.39, 0.29) is 0 Å². The van der Waals surface area contributed by atoms with Crippen molar-refractivity contribution in [3.63, 3.8) is 0 Å². The molecule has 0 radical (unpaired) electrons. The quantitative estimate of drug-likeness (QED) is 0.643. The minimum atomic E-state index is -0.719. The Hall–Kier alpha value is -3.10. The van der Waals surface area contributed by atoms with Crippen LogP contribution in [0.4, 0.5) is 11.8 Å². The normalized spacial score (nSPS) is 15.1. The molecule has 3 N–H and O–H groups in total. The van der Waals surface area contributed by atoms with Crippen molar-refractivity contribution in [3.05, 3.63) is 24.2 Å². The summed E-state index contributed by atoms with van der Waals surface area (Å²) in [6, 6.07) is 2.06. The first kappa shape index (κ1) is 21.6. The van der Waals surface area contributed by atoms with Gasteiger partial charge in [-0.3, -0.25) is 0 Å². The third kappa shape index (κ3) is 4.90. The smallest absolute Gasteiger partial charge is 0.226 e. The molecule has 1 aliphatic heterocycles. The van der Waals surface area contributed by atoms with Crippen molar-refractivity contribution in [1.29, 1.82) is 5.26 Å². The second-order valence-corrected chi connectivity index (χ2v) is 8.41. The molecule has 1 unspecified atom stereocenters. The first-order valence-corrected chi connectivity index (χ1v) is 11.0. The number of nitrogens with one attached hydrogen (secondary N) is 1. The summed E-state index contributed by atoms with van der Waals surface area (Å²) in [5, 5.41) is 9.05. The van der Waals surface area contributed by atoms with Crippen LogP contribution in [0.3, 0.4) is 0 Å². The summed E-state index contributed by atoms with van der Waals surface area (Å²) in [6.07, 6.45) is 10.3. The number of fused-ring (bicyclic) bond motifs is 1. The summed E-state index contributed by atoms with van der Waals surface area (Å²) < 4.78 is 12.9. The summed E-state index contributed by atoms with van der Waals surface area (Å²) in [6.45, 7) is 2.06. The first-order valence-electron chi connectivity index (χ1n) is 9.53. The van der Waals surface area contributed by atoms with Crippen molar-refractivity contribution in [1.82, 2.24) is 29.2 Å². The van der Waals surface area contributed by atoms with E-state index in [9.17, 15) is 4.21 Å². The van der Waals surface area contributed by atoms with Crippen LogP contribution in [0.25, 0.3) is 22.4 Å². The maximum atomic E-state index is 10.8. The molecule has 0 aromatic carbocycles. The van der Waals surface area contributed by atoms with E-state index in [2.05, 4.69) is 31.0 Å². The Morgan fingerprint density at radius 2 is 1.93 bits per heavy atom. The molecule has 1 fully saturated rings. The first-order chi connectivity index (χ1) is 14.4. The van der Waals surface area contributed by atoms with Crippen molar-refractivity contribution in [3.8, 4) is 17.3 Å². The van der Waals surface area contributed by atoms with Crippen LogP contribution in [0.5, 0.6) is 0 Å². The van der Waals surface area contributed by atoms with Crippen LogP contribution in [-0.2, 0) is 11.0 Å². The molecule has 1 aliphatic rings. The highest BCUT2D eigenvalue weighted by molar-refractivity contribution is 7.81. The van der Waals surface area contributed by atoms with Crippen LogP contribution in [0.15, 0.2) is 18.6 Å². The van der Waals surface area contributed by atoms with Gasteiger partial charge in [0.05, 0.1) is 34.0 Å². The average molecular weight is 428 g/mol. The van der Waals surface area contributed by atoms with E-state index in [4.69, 9.17) is 11.0 Å². The monoisotopic (exact) mass is 427 g/mol. The molecule has 1 atom stereocenters. The summed E-state index contributed by atoms with van der Waals surface area (Å²) in [7, 11) is 2.95. The maximum absolute atomic E-state index is 10.8. The number of hydrogen-bond acceptors (Lipinski definition) is 8. The predicted molar refractivity (Wildman–Crippen MR) is 118 cm³/mol. The highest BCUT2D eigenvalue weighted by Crippen LogP contribution is 2.25. The fourth-order valence-corrected chi connectivity index (χ4v) is 3.80. The molecular weight excluding hydrogens is 402 g/mol. The van der Waals surface area contributed by atoms with Gasteiger partial charge in [0, 0.05) is 45.8 Å². The van der Waals surface area contributed by atoms with E-state index in [1.54, 1.807) is 29.7 Å². The van der Waals surface area contributed by atoms with Crippen LogP contribution in [-0.4, -0.2) is 66.9 Å². The second kappa shape index (κ2) is 9.60. The molecule has 0 spiro atoms. The summed E-state index contributed by atoms with van der Waals surface area (Å²) in [4.78, 5) is 21.7. The van der Waals surface area contributed by atoms with Gasteiger partial charge in [-0.05, 0) is 12.8 Å². The molecule has 0 saturated carbocycles. The minimum absolute atomic E-state index is 0.316. The number of hydrogen-bond donors (Lipinski definition) is 2. The Kier molecular flexibility index (Phi) is 6.91. The summed E-state index contributed by atoms with van der Waals surface area (Å²) >= 11 is 0. The lowest BCUT2D eigenvalue weighted by atomic mass is 10.2. The van der Waals surface area contributed by atoms with Gasteiger partial charge in [-0.2, -0.15) is 10.2 Å². The molecule has 11 heteroatoms. The van der Waals surface area contributed by atoms with Crippen LogP contribution in [0.2, 0.25) is 0 Å². The molecule has 0 amide bonds. The van der Waals surface area contributed by atoms with Crippen LogP contribution < -0.4 is 10.6 Å². The number of rotatable bonds is 3. The van der Waals surface area contributed by atoms with Crippen molar-refractivity contribution in [2.75, 3.05) is 44.1 Å². The Morgan fingerprint density at radius 3 is 2.50 bits per heavy atom. The number of nitrogen functional groups attached to an aromatic ring is 1. The third-order valence-electron chi connectivity index (χ3n) is 4.66. The summed E-state index contributed by atoms with van der Waals surface area (Å²) in [5.74, 6) is 0.834. The zero-order valence-electron chi connectivity index (χ0n) is 17.3. The molecule has 1 saturated heterocycles. The van der Waals surface area contributed by atoms with Crippen molar-refractivity contribution < 1.29 is 4.21 Å². The average Bonchev–Trinajstić information content (AvgIpc) is 3.17. The Morgan fingerprint density at radius 1 is 1.20 bits per heavy atom. The molecule has 0 aliphatic carbocycles. The number of piperidine rings is 1. The fourth-order valence-electron chi connectivity index (χ4n) is 3.03. The van der Waals surface area contributed by atoms with Gasteiger partial charge < -0.3 is 15.6 Å². The molecule has 3 aromatic heterocycles. The molecular formula is C19H25N9OS. The van der Waals surface area contributed by atoms with Crippen molar-refractivity contribution >= 4 is 33.9 Å². The third-order valence-corrected chi connectivity index (χ3v) is 5.75. The lowest BCUT2D eigenvalue weighted by Crippen LogP contribution is -2.30. The van der Waals surface area contributed by atoms with Gasteiger partial charge in [-0.25, -0.2) is 23.5 Å². The zero-order chi connectivity index (χ0) is 21.7. The Bertz CT molecular complexity index is 1080. The minimum Gasteiger partial charge on any atom is -0.383 e. The largest absolute Gasteiger partial charge is 0.383 e. The van der Waals surface area contributed by atoms with Gasteiger partial charge in [0.1, 0.15) is 17.4 Å². The number of nitrogens with two attached hydrogens (primary N) is 1. The molecule has 30 heavy (non-hydrogen) atoms. The number of nitriles is 1. The van der Waals surface area contributed by atoms with Gasteiger partial charge in [-0.15, -0.1) is 0 Å². The van der Waals surface area contributed by atoms with E-state index in [1.165, 1.54) is 19.3 Å². The number of aromatic nitrogens is 5. The van der Waals surface area contributed by atoms with E-state index >= 15 is 0 Å². The lowest BCUT2D eigenvalue weighted by molar-refractivity contribution is 0.367. The highest BCUT2D eigenvalue weighted by Gasteiger charge is 2.13. The van der Waals surface area contributed by atoms with E-state index in [1.807, 2.05) is 18.4 Å². The van der Waals surface area contributed by atoms with Crippen LogP contribution in [0, 0.1) is 11.3 Å². The van der Waals surface area contributed by atoms with Crippen LogP contribution >= 0.6 is 0 Å². The highest BCUT2D eigenvalue weighted by atomic mass is 32.2.